The lowest BCUT2D eigenvalue weighted by Gasteiger charge is -2.15. The molecule has 0 amide bonds. The highest BCUT2D eigenvalue weighted by Crippen LogP contribution is 2.22. The highest BCUT2D eigenvalue weighted by Gasteiger charge is 2.14. The fourth-order valence-corrected chi connectivity index (χ4v) is 2.00. The van der Waals surface area contributed by atoms with Crippen LogP contribution in [0.3, 0.4) is 0 Å². The summed E-state index contributed by atoms with van der Waals surface area (Å²) in [5.41, 5.74) is 10.9. The number of aryl methyl sites for hydroxylation is 3. The fourth-order valence-electron chi connectivity index (χ4n) is 2.00. The summed E-state index contributed by atoms with van der Waals surface area (Å²) in [6.07, 6.45) is 3.60. The Morgan fingerprint density at radius 2 is 2.06 bits per heavy atom. The smallest absolute Gasteiger partial charge is 0.0946 e. The Hall–Kier alpha value is -1.61. The van der Waals surface area contributed by atoms with E-state index in [2.05, 4.69) is 37.0 Å². The average Bonchev–Trinajstić information content (AvgIpc) is 2.63. The molecule has 2 rings (SSSR count). The van der Waals surface area contributed by atoms with Gasteiger partial charge in [0.1, 0.15) is 0 Å². The van der Waals surface area contributed by atoms with Crippen LogP contribution in [-0.2, 0) is 7.05 Å². The molecule has 0 radical (unpaired) electrons. The largest absolute Gasteiger partial charge is 0.336 e. The zero-order chi connectivity index (χ0) is 11.7. The van der Waals surface area contributed by atoms with Crippen molar-refractivity contribution in [3.8, 4) is 0 Å². The summed E-state index contributed by atoms with van der Waals surface area (Å²) < 4.78 is 1.96. The molecular formula is C13H17N3. The zero-order valence-electron chi connectivity index (χ0n) is 9.94. The van der Waals surface area contributed by atoms with Crippen LogP contribution >= 0.6 is 0 Å². The van der Waals surface area contributed by atoms with E-state index in [0.717, 1.165) is 11.3 Å². The van der Waals surface area contributed by atoms with Crippen LogP contribution in [0.15, 0.2) is 30.7 Å². The molecule has 0 fully saturated rings. The normalized spacial score (nSPS) is 12.8. The van der Waals surface area contributed by atoms with Gasteiger partial charge in [-0.1, -0.05) is 23.8 Å². The summed E-state index contributed by atoms with van der Waals surface area (Å²) in [7, 11) is 1.96. The van der Waals surface area contributed by atoms with Crippen molar-refractivity contribution < 1.29 is 0 Å². The average molecular weight is 215 g/mol. The molecule has 1 heterocycles. The molecule has 0 saturated heterocycles. The van der Waals surface area contributed by atoms with Crippen molar-refractivity contribution in [2.45, 2.75) is 19.9 Å². The standard InChI is InChI=1S/C13H17N3/c1-9-4-5-11(10(2)6-9)13(14)12-7-15-8-16(12)3/h4-8,13H,14H2,1-3H3. The van der Waals surface area contributed by atoms with Gasteiger partial charge < -0.3 is 10.3 Å². The van der Waals surface area contributed by atoms with Gasteiger partial charge in [0, 0.05) is 7.05 Å². The number of imidazole rings is 1. The summed E-state index contributed by atoms with van der Waals surface area (Å²) in [6, 6.07) is 6.25. The Morgan fingerprint density at radius 3 is 2.62 bits per heavy atom. The Kier molecular flexibility index (Phi) is 2.79. The van der Waals surface area contributed by atoms with Gasteiger partial charge in [-0.2, -0.15) is 0 Å². The Bertz CT molecular complexity index is 500. The maximum atomic E-state index is 6.25. The Balaban J connectivity index is 2.41. The van der Waals surface area contributed by atoms with Crippen molar-refractivity contribution in [3.63, 3.8) is 0 Å². The molecule has 1 aromatic carbocycles. The van der Waals surface area contributed by atoms with Crippen LogP contribution in [-0.4, -0.2) is 9.55 Å². The minimum Gasteiger partial charge on any atom is -0.336 e. The number of hydrogen-bond donors (Lipinski definition) is 1. The van der Waals surface area contributed by atoms with Gasteiger partial charge in [-0.25, -0.2) is 4.98 Å². The molecule has 3 nitrogen and oxygen atoms in total. The van der Waals surface area contributed by atoms with Crippen LogP contribution < -0.4 is 5.73 Å². The number of hydrogen-bond acceptors (Lipinski definition) is 2. The number of benzene rings is 1. The van der Waals surface area contributed by atoms with Crippen molar-refractivity contribution in [1.82, 2.24) is 9.55 Å². The van der Waals surface area contributed by atoms with E-state index in [1.165, 1.54) is 11.1 Å². The Morgan fingerprint density at radius 1 is 1.31 bits per heavy atom. The van der Waals surface area contributed by atoms with Crippen molar-refractivity contribution >= 4 is 0 Å². The number of nitrogens with zero attached hydrogens (tertiary/aromatic N) is 2. The van der Waals surface area contributed by atoms with Crippen LogP contribution in [0.25, 0.3) is 0 Å². The number of rotatable bonds is 2. The van der Waals surface area contributed by atoms with E-state index >= 15 is 0 Å². The molecule has 0 aliphatic carbocycles. The van der Waals surface area contributed by atoms with E-state index in [1.54, 1.807) is 6.33 Å². The van der Waals surface area contributed by atoms with Gasteiger partial charge >= 0.3 is 0 Å². The summed E-state index contributed by atoms with van der Waals surface area (Å²) >= 11 is 0. The van der Waals surface area contributed by atoms with Gasteiger partial charge in [0.2, 0.25) is 0 Å². The van der Waals surface area contributed by atoms with Gasteiger partial charge in [0.15, 0.2) is 0 Å². The molecule has 3 heteroatoms. The molecule has 84 valence electrons. The second-order valence-corrected chi connectivity index (χ2v) is 4.27. The van der Waals surface area contributed by atoms with E-state index in [-0.39, 0.29) is 6.04 Å². The predicted octanol–water partition coefficient (Wildman–Crippen LogP) is 2.09. The van der Waals surface area contributed by atoms with Gasteiger partial charge in [-0.05, 0) is 25.0 Å². The van der Waals surface area contributed by atoms with E-state index in [1.807, 2.05) is 17.8 Å². The molecular weight excluding hydrogens is 198 g/mol. The second kappa shape index (κ2) is 4.10. The number of aromatic nitrogens is 2. The third kappa shape index (κ3) is 1.86. The third-order valence-electron chi connectivity index (χ3n) is 2.93. The molecule has 0 saturated carbocycles. The molecule has 1 unspecified atom stereocenters. The van der Waals surface area contributed by atoms with Crippen molar-refractivity contribution in [2.24, 2.45) is 12.8 Å². The molecule has 0 spiro atoms. The Labute approximate surface area is 95.9 Å². The molecule has 1 atom stereocenters. The molecule has 16 heavy (non-hydrogen) atoms. The van der Waals surface area contributed by atoms with E-state index in [0.29, 0.717) is 0 Å². The minimum atomic E-state index is -0.104. The monoisotopic (exact) mass is 215 g/mol. The third-order valence-corrected chi connectivity index (χ3v) is 2.93. The number of nitrogens with two attached hydrogens (primary N) is 1. The summed E-state index contributed by atoms with van der Waals surface area (Å²) in [6.45, 7) is 4.19. The van der Waals surface area contributed by atoms with Crippen molar-refractivity contribution in [1.29, 1.82) is 0 Å². The lowest BCUT2D eigenvalue weighted by molar-refractivity contribution is 0.742. The van der Waals surface area contributed by atoms with Crippen molar-refractivity contribution in [3.05, 3.63) is 53.1 Å². The van der Waals surface area contributed by atoms with Gasteiger partial charge in [0.05, 0.1) is 24.3 Å². The van der Waals surface area contributed by atoms with E-state index in [9.17, 15) is 0 Å². The summed E-state index contributed by atoms with van der Waals surface area (Å²) in [5, 5.41) is 0. The van der Waals surface area contributed by atoms with E-state index in [4.69, 9.17) is 5.73 Å². The van der Waals surface area contributed by atoms with E-state index < -0.39 is 0 Å². The lowest BCUT2D eigenvalue weighted by atomic mass is 9.98. The molecule has 2 aromatic rings. The SMILES string of the molecule is Cc1ccc(C(N)c2cncn2C)c(C)c1. The second-order valence-electron chi connectivity index (χ2n) is 4.27. The van der Waals surface area contributed by atoms with Gasteiger partial charge in [-0.3, -0.25) is 0 Å². The van der Waals surface area contributed by atoms with Crippen molar-refractivity contribution in [2.75, 3.05) is 0 Å². The maximum absolute atomic E-state index is 6.25. The first-order chi connectivity index (χ1) is 7.59. The molecule has 0 bridgehead atoms. The molecule has 0 aliphatic rings. The first-order valence-corrected chi connectivity index (χ1v) is 5.38. The zero-order valence-corrected chi connectivity index (χ0v) is 9.94. The molecule has 0 aliphatic heterocycles. The quantitative estimate of drug-likeness (QED) is 0.833. The maximum Gasteiger partial charge on any atom is 0.0946 e. The van der Waals surface area contributed by atoms with Crippen LogP contribution in [0.5, 0.6) is 0 Å². The summed E-state index contributed by atoms with van der Waals surface area (Å²) in [4.78, 5) is 4.10. The van der Waals surface area contributed by atoms with Gasteiger partial charge in [-0.15, -0.1) is 0 Å². The van der Waals surface area contributed by atoms with Crippen LogP contribution in [0.2, 0.25) is 0 Å². The van der Waals surface area contributed by atoms with Gasteiger partial charge in [0.25, 0.3) is 0 Å². The minimum absolute atomic E-state index is 0.104. The fraction of sp³-hybridized carbons (Fsp3) is 0.308. The first kappa shape index (κ1) is 10.9. The molecule has 1 aromatic heterocycles. The first-order valence-electron chi connectivity index (χ1n) is 5.38. The van der Waals surface area contributed by atoms with Crippen LogP contribution in [0.4, 0.5) is 0 Å². The predicted molar refractivity (Wildman–Crippen MR) is 65.2 cm³/mol. The highest BCUT2D eigenvalue weighted by atomic mass is 15.0. The highest BCUT2D eigenvalue weighted by molar-refractivity contribution is 5.36. The van der Waals surface area contributed by atoms with Crippen LogP contribution in [0, 0.1) is 13.8 Å². The summed E-state index contributed by atoms with van der Waals surface area (Å²) in [5.74, 6) is 0. The topological polar surface area (TPSA) is 43.8 Å². The lowest BCUT2D eigenvalue weighted by Crippen LogP contribution is -2.16. The van der Waals surface area contributed by atoms with Crippen LogP contribution in [0.1, 0.15) is 28.4 Å². The molecule has 2 N–H and O–H groups in total.